The normalized spacial score (nSPS) is 23.2. The van der Waals surface area contributed by atoms with Crippen LogP contribution in [-0.4, -0.2) is 108 Å². The summed E-state index contributed by atoms with van der Waals surface area (Å²) in [4.78, 5) is 86.2. The van der Waals surface area contributed by atoms with Crippen molar-refractivity contribution in [2.75, 3.05) is 38.8 Å². The Morgan fingerprint density at radius 1 is 1.00 bits per heavy atom. The Morgan fingerprint density at radius 2 is 1.68 bits per heavy atom. The Balaban J connectivity index is 2.05. The number of nitrogens with one attached hydrogen (secondary N) is 5. The molecular weight excluding hydrogens is 683 g/mol. The lowest BCUT2D eigenvalue weighted by atomic mass is 10.0. The van der Waals surface area contributed by atoms with Crippen LogP contribution in [0.15, 0.2) is 35.7 Å². The molecule has 1 aromatic carbocycles. The van der Waals surface area contributed by atoms with E-state index in [4.69, 9.17) is 4.74 Å². The van der Waals surface area contributed by atoms with E-state index in [0.717, 1.165) is 5.56 Å². The molecule has 3 rings (SSSR count). The van der Waals surface area contributed by atoms with E-state index in [1.165, 1.54) is 42.0 Å². The van der Waals surface area contributed by atoms with Crippen LogP contribution in [0.25, 0.3) is 0 Å². The molecule has 1 aliphatic rings. The van der Waals surface area contributed by atoms with Gasteiger partial charge in [0, 0.05) is 19.0 Å². The number of thioether (sulfide) groups is 1. The van der Waals surface area contributed by atoms with Crippen molar-refractivity contribution in [3.63, 3.8) is 0 Å². The summed E-state index contributed by atoms with van der Waals surface area (Å²) in [6, 6.07) is 5.24. The van der Waals surface area contributed by atoms with E-state index >= 15 is 0 Å². The molecule has 0 unspecified atom stereocenters. The number of nitrogens with zero attached hydrogens (tertiary/aromatic N) is 2. The molecule has 5 N–H and O–H groups in total. The molecule has 6 amide bonds. The smallest absolute Gasteiger partial charge is 0.271 e. The number of thiazole rings is 1. The van der Waals surface area contributed by atoms with Gasteiger partial charge in [0.1, 0.15) is 35.4 Å². The number of hydrogen-bond acceptors (Lipinski definition) is 10. The number of carbonyl (C=O) groups is 6. The molecule has 0 saturated heterocycles. The fourth-order valence-corrected chi connectivity index (χ4v) is 6.79. The van der Waals surface area contributed by atoms with Gasteiger partial charge in [-0.3, -0.25) is 28.8 Å². The molecule has 0 aliphatic carbocycles. The van der Waals surface area contributed by atoms with Crippen molar-refractivity contribution in [3.8, 4) is 0 Å². The first-order valence-corrected chi connectivity index (χ1v) is 18.9. The zero-order valence-corrected chi connectivity index (χ0v) is 31.1. The van der Waals surface area contributed by atoms with Crippen LogP contribution >= 0.6 is 23.1 Å². The zero-order chi connectivity index (χ0) is 36.8. The molecule has 0 radical (unpaired) electrons. The molecule has 50 heavy (non-hydrogen) atoms. The van der Waals surface area contributed by atoms with Crippen molar-refractivity contribution in [3.05, 3.63) is 52.0 Å². The average molecular weight is 732 g/mol. The van der Waals surface area contributed by atoms with Crippen molar-refractivity contribution in [2.45, 2.75) is 77.2 Å². The summed E-state index contributed by atoms with van der Waals surface area (Å²) in [6.45, 7) is 6.37. The molecule has 274 valence electrons. The molecule has 0 spiro atoms. The summed E-state index contributed by atoms with van der Waals surface area (Å²) in [6.07, 6.45) is 2.75. The summed E-state index contributed by atoms with van der Waals surface area (Å²) in [7, 11) is 1.38. The van der Waals surface area contributed by atoms with Gasteiger partial charge in [0.25, 0.3) is 5.91 Å². The molecule has 2 aromatic rings. The summed E-state index contributed by atoms with van der Waals surface area (Å²) in [5.41, 5.74) is 0.962. The lowest BCUT2D eigenvalue weighted by Gasteiger charge is -2.30. The molecule has 16 heteroatoms. The first-order valence-electron chi connectivity index (χ1n) is 16.6. The molecule has 1 aromatic heterocycles. The SMILES string of the molecule is CC[C@@H]1NC(=O)[C@@H](C)NC(=O)c2csc(n2)[C@H](C(C)C)NC(=O)CN(C(=O)COC)C[C@H](Cc2ccccc2)NC(=O)[C@H](CCSC)NC1=O. The second kappa shape index (κ2) is 20.0. The molecule has 0 saturated carbocycles. The molecule has 2 bridgehead atoms. The number of amides is 6. The summed E-state index contributed by atoms with van der Waals surface area (Å²) in [5, 5.41) is 16.1. The van der Waals surface area contributed by atoms with Gasteiger partial charge in [0.15, 0.2) is 0 Å². The second-order valence-electron chi connectivity index (χ2n) is 12.5. The maximum atomic E-state index is 13.9. The predicted octanol–water partition coefficient (Wildman–Crippen LogP) is 1.42. The number of hydrogen-bond donors (Lipinski definition) is 5. The predicted molar refractivity (Wildman–Crippen MR) is 192 cm³/mol. The first kappa shape index (κ1) is 40.4. The second-order valence-corrected chi connectivity index (χ2v) is 14.3. The van der Waals surface area contributed by atoms with Gasteiger partial charge in [0.05, 0.1) is 18.6 Å². The van der Waals surface area contributed by atoms with Crippen LogP contribution < -0.4 is 26.6 Å². The molecule has 14 nitrogen and oxygen atoms in total. The van der Waals surface area contributed by atoms with Crippen LogP contribution in [0.5, 0.6) is 0 Å². The van der Waals surface area contributed by atoms with Crippen molar-refractivity contribution in [1.29, 1.82) is 0 Å². The van der Waals surface area contributed by atoms with E-state index in [1.54, 1.807) is 12.3 Å². The molecule has 2 heterocycles. The highest BCUT2D eigenvalue weighted by Crippen LogP contribution is 2.25. The third kappa shape index (κ3) is 12.1. The third-order valence-corrected chi connectivity index (χ3v) is 9.67. The minimum Gasteiger partial charge on any atom is -0.375 e. The van der Waals surface area contributed by atoms with Gasteiger partial charge in [-0.1, -0.05) is 51.1 Å². The van der Waals surface area contributed by atoms with Crippen LogP contribution in [0.1, 0.15) is 67.6 Å². The molecule has 5 atom stereocenters. The van der Waals surface area contributed by atoms with E-state index in [0.29, 0.717) is 23.6 Å². The van der Waals surface area contributed by atoms with E-state index < -0.39 is 65.7 Å². The van der Waals surface area contributed by atoms with Gasteiger partial charge in [-0.25, -0.2) is 4.98 Å². The fourth-order valence-electron chi connectivity index (χ4n) is 5.30. The molecule has 1 aliphatic heterocycles. The standard InChI is InChI=1S/C34H49N7O7S2/c1-7-24-31(45)38-25(13-14-49-6)32(46)36-23(15-22-11-9-8-10-12-22)16-41(28(43)18-48-5)17-27(42)40-29(20(2)3)34-39-26(19-50-34)33(47)35-21(4)30(44)37-24/h8-12,19-21,23-25,29H,7,13-18H2,1-6H3,(H,35,47)(H,36,46)(H,37,44)(H,38,45)(H,40,42)/t21-,23+,24+,25+,29+/m1/s1. The summed E-state index contributed by atoms with van der Waals surface area (Å²) >= 11 is 2.69. The number of aromatic nitrogens is 1. The largest absolute Gasteiger partial charge is 0.375 e. The quantitative estimate of drug-likeness (QED) is 0.254. The van der Waals surface area contributed by atoms with Gasteiger partial charge in [-0.2, -0.15) is 11.8 Å². The lowest BCUT2D eigenvalue weighted by molar-refractivity contribution is -0.140. The minimum absolute atomic E-state index is 0.0289. The monoisotopic (exact) mass is 731 g/mol. The van der Waals surface area contributed by atoms with E-state index in [-0.39, 0.29) is 37.7 Å². The number of carbonyl (C=O) groups excluding carboxylic acids is 6. The maximum absolute atomic E-state index is 13.9. The number of methoxy groups -OCH3 is 1. The van der Waals surface area contributed by atoms with Gasteiger partial charge in [0.2, 0.25) is 29.5 Å². The highest BCUT2D eigenvalue weighted by Gasteiger charge is 2.31. The van der Waals surface area contributed by atoms with Gasteiger partial charge < -0.3 is 36.2 Å². The minimum atomic E-state index is -1.01. The topological polar surface area (TPSA) is 188 Å². The fraction of sp³-hybridized carbons (Fsp3) is 0.559. The van der Waals surface area contributed by atoms with Crippen molar-refractivity contribution >= 4 is 58.5 Å². The van der Waals surface area contributed by atoms with Crippen molar-refractivity contribution in [1.82, 2.24) is 36.5 Å². The number of ether oxygens (including phenoxy) is 1. The van der Waals surface area contributed by atoms with E-state index in [2.05, 4.69) is 31.6 Å². The van der Waals surface area contributed by atoms with E-state index in [9.17, 15) is 28.8 Å². The Hall–Kier alpha value is -4.02. The van der Waals surface area contributed by atoms with Crippen LogP contribution in [0.4, 0.5) is 0 Å². The Bertz CT molecular complexity index is 1470. The lowest BCUT2D eigenvalue weighted by Crippen LogP contribution is -2.58. The van der Waals surface area contributed by atoms with Crippen LogP contribution in [-0.2, 0) is 35.1 Å². The Morgan fingerprint density at radius 3 is 2.32 bits per heavy atom. The Labute approximate surface area is 301 Å². The summed E-state index contributed by atoms with van der Waals surface area (Å²) in [5.74, 6) is -2.69. The summed E-state index contributed by atoms with van der Waals surface area (Å²) < 4.78 is 5.13. The van der Waals surface area contributed by atoms with Crippen LogP contribution in [0, 0.1) is 5.92 Å². The van der Waals surface area contributed by atoms with Crippen molar-refractivity contribution < 1.29 is 33.5 Å². The maximum Gasteiger partial charge on any atom is 0.271 e. The molecule has 0 fully saturated rings. The third-order valence-electron chi connectivity index (χ3n) is 8.10. The van der Waals surface area contributed by atoms with Gasteiger partial charge in [-0.15, -0.1) is 11.3 Å². The number of rotatable bonds is 9. The Kier molecular flexibility index (Phi) is 16.2. The zero-order valence-electron chi connectivity index (χ0n) is 29.4. The first-order chi connectivity index (χ1) is 23.9. The highest BCUT2D eigenvalue weighted by molar-refractivity contribution is 7.98. The average Bonchev–Trinajstić information content (AvgIpc) is 3.57. The van der Waals surface area contributed by atoms with Gasteiger partial charge >= 0.3 is 0 Å². The highest BCUT2D eigenvalue weighted by atomic mass is 32.2. The number of fused-ring (bicyclic) bond motifs is 2. The van der Waals surface area contributed by atoms with E-state index in [1.807, 2.05) is 50.4 Å². The van der Waals surface area contributed by atoms with Crippen LogP contribution in [0.2, 0.25) is 0 Å². The van der Waals surface area contributed by atoms with Gasteiger partial charge in [-0.05, 0) is 49.7 Å². The van der Waals surface area contributed by atoms with Crippen molar-refractivity contribution in [2.24, 2.45) is 5.92 Å². The molecular formula is C34H49N7O7S2. The number of benzene rings is 1. The van der Waals surface area contributed by atoms with Crippen LogP contribution in [0.3, 0.4) is 0 Å².